The van der Waals surface area contributed by atoms with Gasteiger partial charge in [-0.05, 0) is 6.42 Å². The largest absolute Gasteiger partial charge is 0.315 e. The van der Waals surface area contributed by atoms with E-state index in [0.29, 0.717) is 0 Å². The van der Waals surface area contributed by atoms with Crippen LogP contribution in [0.25, 0.3) is 0 Å². The maximum atomic E-state index is 3.36. The Hall–Kier alpha value is 0.310. The molecule has 3 fully saturated rings. The van der Waals surface area contributed by atoms with Crippen molar-refractivity contribution in [1.82, 2.24) is 5.32 Å². The minimum Gasteiger partial charge on any atom is -0.315 e. The highest BCUT2D eigenvalue weighted by Gasteiger charge is 2.32. The molecule has 0 aliphatic carbocycles. The van der Waals surface area contributed by atoms with Crippen LogP contribution in [0, 0.1) is 0 Å². The number of hydrogen-bond donors (Lipinski definition) is 1. The summed E-state index contributed by atoms with van der Waals surface area (Å²) in [6.45, 7) is 2.53. The Balaban J connectivity index is 1.99. The number of hydrogen-bond acceptors (Lipinski definition) is 2. The van der Waals surface area contributed by atoms with Crippen molar-refractivity contribution in [3.8, 4) is 0 Å². The first-order valence-electron chi connectivity index (χ1n) is 2.81. The first-order chi connectivity index (χ1) is 3.45. The minimum absolute atomic E-state index is 0.985. The quantitative estimate of drug-likeness (QED) is 0.492. The fourth-order valence-corrected chi connectivity index (χ4v) is 2.52. The molecule has 0 radical (unpaired) electrons. The monoisotopic (exact) mass is 115 g/mol. The van der Waals surface area contributed by atoms with Crippen molar-refractivity contribution in [2.75, 3.05) is 13.1 Å². The van der Waals surface area contributed by atoms with Crippen LogP contribution < -0.4 is 5.32 Å². The van der Waals surface area contributed by atoms with E-state index in [1.807, 2.05) is 0 Å². The van der Waals surface area contributed by atoms with E-state index < -0.39 is 0 Å². The maximum absolute atomic E-state index is 3.36. The van der Waals surface area contributed by atoms with E-state index in [9.17, 15) is 0 Å². The Morgan fingerprint density at radius 1 is 1.29 bits per heavy atom. The van der Waals surface area contributed by atoms with Crippen molar-refractivity contribution < 1.29 is 0 Å². The predicted octanol–water partition coefficient (Wildman–Crippen LogP) is 0.464. The van der Waals surface area contributed by atoms with Gasteiger partial charge in [0.05, 0.1) is 0 Å². The second-order valence-corrected chi connectivity index (χ2v) is 3.88. The Morgan fingerprint density at radius 3 is 2.00 bits per heavy atom. The Labute approximate surface area is 47.9 Å². The zero-order valence-corrected chi connectivity index (χ0v) is 5.00. The van der Waals surface area contributed by atoms with Gasteiger partial charge in [-0.2, -0.15) is 11.8 Å². The summed E-state index contributed by atoms with van der Waals surface area (Å²) in [5.41, 5.74) is 0. The lowest BCUT2D eigenvalue weighted by Gasteiger charge is -2.40. The Bertz CT molecular complexity index is 64.6. The Kier molecular flexibility index (Phi) is 0.837. The fourth-order valence-electron chi connectivity index (χ4n) is 1.22. The molecule has 40 valence electrons. The molecule has 0 amide bonds. The van der Waals surface area contributed by atoms with Gasteiger partial charge < -0.3 is 5.32 Å². The van der Waals surface area contributed by atoms with Crippen molar-refractivity contribution in [3.63, 3.8) is 0 Å². The van der Waals surface area contributed by atoms with Crippen LogP contribution in [-0.2, 0) is 0 Å². The molecule has 0 unspecified atom stereocenters. The smallest absolute Gasteiger partial charge is 0.0186 e. The van der Waals surface area contributed by atoms with Gasteiger partial charge in [-0.3, -0.25) is 0 Å². The highest BCUT2D eigenvalue weighted by Crippen LogP contribution is 2.37. The third-order valence-corrected chi connectivity index (χ3v) is 3.14. The van der Waals surface area contributed by atoms with Crippen LogP contribution in [0.5, 0.6) is 0 Å². The molecular formula is C5H9NS. The van der Waals surface area contributed by atoms with Crippen molar-refractivity contribution in [3.05, 3.63) is 0 Å². The molecule has 3 saturated heterocycles. The van der Waals surface area contributed by atoms with Gasteiger partial charge in [0.15, 0.2) is 0 Å². The number of thioether (sulfide) groups is 1. The second kappa shape index (κ2) is 1.39. The molecule has 1 N–H and O–H groups in total. The molecule has 0 spiro atoms. The first kappa shape index (κ1) is 4.21. The average molecular weight is 115 g/mol. The molecule has 1 nitrogen and oxygen atoms in total. The van der Waals surface area contributed by atoms with Crippen LogP contribution in [0.3, 0.4) is 0 Å². The lowest BCUT2D eigenvalue weighted by molar-refractivity contribution is 0.503. The third kappa shape index (κ3) is 0.572. The number of nitrogens with one attached hydrogen (secondary N) is 1. The van der Waals surface area contributed by atoms with Gasteiger partial charge in [0.1, 0.15) is 0 Å². The molecule has 2 atom stereocenters. The summed E-state index contributed by atoms with van der Waals surface area (Å²) in [6.07, 6.45) is 1.48. The van der Waals surface area contributed by atoms with E-state index in [1.54, 1.807) is 0 Å². The number of piperidine rings is 1. The van der Waals surface area contributed by atoms with Crippen LogP contribution >= 0.6 is 11.8 Å². The lowest BCUT2D eigenvalue weighted by atomic mass is 10.1. The molecule has 0 aromatic carbocycles. The van der Waals surface area contributed by atoms with Gasteiger partial charge in [0, 0.05) is 23.6 Å². The SMILES string of the molecule is C1NC[C@H]2C[C@H]1S2. The minimum atomic E-state index is 0.985. The lowest BCUT2D eigenvalue weighted by Crippen LogP contribution is -2.48. The maximum Gasteiger partial charge on any atom is 0.0186 e. The van der Waals surface area contributed by atoms with Crippen molar-refractivity contribution in [2.45, 2.75) is 16.9 Å². The summed E-state index contributed by atoms with van der Waals surface area (Å²) in [4.78, 5) is 0. The van der Waals surface area contributed by atoms with Crippen LogP contribution in [0.2, 0.25) is 0 Å². The van der Waals surface area contributed by atoms with E-state index in [4.69, 9.17) is 0 Å². The average Bonchev–Trinajstić information content (AvgIpc) is 1.67. The number of rotatable bonds is 0. The molecule has 0 aromatic heterocycles. The molecule has 0 aromatic rings. The summed E-state index contributed by atoms with van der Waals surface area (Å²) in [6, 6.07) is 0. The topological polar surface area (TPSA) is 12.0 Å². The standard InChI is InChI=1S/C5H9NS/c1-4-2-6-3-5(1)7-4/h4-6H,1-3H2/t4-,5-/m1/s1. The number of fused-ring (bicyclic) bond motifs is 2. The zero-order valence-electron chi connectivity index (χ0n) is 4.18. The van der Waals surface area contributed by atoms with Crippen LogP contribution in [0.15, 0.2) is 0 Å². The van der Waals surface area contributed by atoms with Gasteiger partial charge >= 0.3 is 0 Å². The van der Waals surface area contributed by atoms with Crippen molar-refractivity contribution in [2.24, 2.45) is 0 Å². The molecule has 3 aliphatic heterocycles. The highest BCUT2D eigenvalue weighted by molar-refractivity contribution is 8.02. The van der Waals surface area contributed by atoms with Crippen LogP contribution in [-0.4, -0.2) is 23.6 Å². The van der Waals surface area contributed by atoms with Crippen molar-refractivity contribution >= 4 is 11.8 Å². The van der Waals surface area contributed by atoms with Gasteiger partial charge in [-0.25, -0.2) is 0 Å². The Morgan fingerprint density at radius 2 is 1.86 bits per heavy atom. The molecule has 0 saturated carbocycles. The van der Waals surface area contributed by atoms with Gasteiger partial charge in [0.25, 0.3) is 0 Å². The molecular weight excluding hydrogens is 106 g/mol. The van der Waals surface area contributed by atoms with E-state index in [-0.39, 0.29) is 0 Å². The normalized spacial score (nSPS) is 48.0. The fraction of sp³-hybridized carbons (Fsp3) is 1.00. The van der Waals surface area contributed by atoms with E-state index >= 15 is 0 Å². The molecule has 3 rings (SSSR count). The first-order valence-corrected chi connectivity index (χ1v) is 3.75. The van der Waals surface area contributed by atoms with Gasteiger partial charge in [-0.1, -0.05) is 0 Å². The van der Waals surface area contributed by atoms with E-state index in [0.717, 1.165) is 10.5 Å². The molecule has 3 aliphatic rings. The summed E-state index contributed by atoms with van der Waals surface area (Å²) in [5, 5.41) is 5.33. The summed E-state index contributed by atoms with van der Waals surface area (Å²) < 4.78 is 0. The van der Waals surface area contributed by atoms with Crippen LogP contribution in [0.1, 0.15) is 6.42 Å². The molecule has 7 heavy (non-hydrogen) atoms. The summed E-state index contributed by atoms with van der Waals surface area (Å²) in [7, 11) is 0. The zero-order chi connectivity index (χ0) is 4.69. The van der Waals surface area contributed by atoms with E-state index in [1.165, 1.54) is 19.5 Å². The highest BCUT2D eigenvalue weighted by atomic mass is 32.2. The molecule has 2 heteroatoms. The summed E-state index contributed by atoms with van der Waals surface area (Å²) >= 11 is 2.15. The van der Waals surface area contributed by atoms with Crippen LogP contribution in [0.4, 0.5) is 0 Å². The second-order valence-electron chi connectivity index (χ2n) is 2.27. The predicted molar refractivity (Wildman–Crippen MR) is 32.7 cm³/mol. The third-order valence-electron chi connectivity index (χ3n) is 1.65. The van der Waals surface area contributed by atoms with Gasteiger partial charge in [-0.15, -0.1) is 0 Å². The molecule has 2 bridgehead atoms. The molecule has 3 heterocycles. The van der Waals surface area contributed by atoms with Gasteiger partial charge in [0.2, 0.25) is 0 Å². The summed E-state index contributed by atoms with van der Waals surface area (Å²) in [5.74, 6) is 0. The van der Waals surface area contributed by atoms with Crippen molar-refractivity contribution in [1.29, 1.82) is 0 Å². The van der Waals surface area contributed by atoms with E-state index in [2.05, 4.69) is 17.1 Å².